The number of hydrogen-bond acceptors (Lipinski definition) is 4. The van der Waals surface area contributed by atoms with Gasteiger partial charge in [-0.3, -0.25) is 4.79 Å². The average Bonchev–Trinajstić information content (AvgIpc) is 2.55. The molecule has 3 amide bonds. The summed E-state index contributed by atoms with van der Waals surface area (Å²) in [6.45, 7) is 1.49. The fourth-order valence-corrected chi connectivity index (χ4v) is 1.88. The topological polar surface area (TPSA) is 111 Å². The zero-order valence-corrected chi connectivity index (χ0v) is 13.0. The summed E-state index contributed by atoms with van der Waals surface area (Å²) in [4.78, 5) is 34.8. The third-order valence-corrected chi connectivity index (χ3v) is 3.08. The number of primary amides is 1. The van der Waals surface area contributed by atoms with Gasteiger partial charge < -0.3 is 21.1 Å². The maximum Gasteiger partial charge on any atom is 0.338 e. The van der Waals surface area contributed by atoms with Gasteiger partial charge in [0, 0.05) is 11.4 Å². The van der Waals surface area contributed by atoms with Gasteiger partial charge in [-0.25, -0.2) is 9.59 Å². The molecule has 0 bridgehead atoms. The summed E-state index contributed by atoms with van der Waals surface area (Å²) in [7, 11) is 0. The van der Waals surface area contributed by atoms with Gasteiger partial charge in [0.05, 0.1) is 5.56 Å². The van der Waals surface area contributed by atoms with E-state index in [9.17, 15) is 14.4 Å². The van der Waals surface area contributed by atoms with Gasteiger partial charge in [-0.05, 0) is 43.3 Å². The molecule has 0 saturated carbocycles. The van der Waals surface area contributed by atoms with Gasteiger partial charge in [-0.2, -0.15) is 0 Å². The molecule has 2 aromatic rings. The monoisotopic (exact) mass is 327 g/mol. The summed E-state index contributed by atoms with van der Waals surface area (Å²) in [5, 5.41) is 5.03. The minimum absolute atomic E-state index is 0.254. The minimum Gasteiger partial charge on any atom is -0.449 e. The molecule has 7 heteroatoms. The van der Waals surface area contributed by atoms with Crippen molar-refractivity contribution < 1.29 is 19.1 Å². The summed E-state index contributed by atoms with van der Waals surface area (Å²) in [6, 6.07) is 14.1. The number of anilines is 2. The van der Waals surface area contributed by atoms with Gasteiger partial charge in [0.1, 0.15) is 0 Å². The van der Waals surface area contributed by atoms with Crippen LogP contribution in [-0.2, 0) is 9.53 Å². The lowest BCUT2D eigenvalue weighted by atomic mass is 10.2. The van der Waals surface area contributed by atoms with Crippen LogP contribution in [0.1, 0.15) is 17.3 Å². The summed E-state index contributed by atoms with van der Waals surface area (Å²) in [5.41, 5.74) is 6.32. The molecule has 4 N–H and O–H groups in total. The van der Waals surface area contributed by atoms with E-state index in [1.807, 2.05) is 6.07 Å². The molecule has 2 rings (SSSR count). The largest absolute Gasteiger partial charge is 0.449 e. The standard InChI is InChI=1S/C17H17N3O4/c1-11(15(21)19-13-5-3-2-4-6-13)24-16(22)12-7-9-14(10-8-12)20-17(18)23/h2-11H,1H3,(H,19,21)(H3,18,20,23). The number of carbonyl (C=O) groups excluding carboxylic acids is 3. The molecule has 0 fully saturated rings. The predicted molar refractivity (Wildman–Crippen MR) is 89.6 cm³/mol. The number of urea groups is 1. The Kier molecular flexibility index (Phi) is 5.51. The number of amides is 3. The van der Waals surface area contributed by atoms with Gasteiger partial charge in [-0.15, -0.1) is 0 Å². The normalized spacial score (nSPS) is 11.2. The van der Waals surface area contributed by atoms with Crippen LogP contribution >= 0.6 is 0 Å². The second-order valence-electron chi connectivity index (χ2n) is 4.97. The molecule has 0 aliphatic rings. The first kappa shape index (κ1) is 17.0. The Bertz CT molecular complexity index is 729. The lowest BCUT2D eigenvalue weighted by Crippen LogP contribution is -2.30. The first-order valence-corrected chi connectivity index (χ1v) is 7.19. The van der Waals surface area contributed by atoms with Crippen LogP contribution in [0.5, 0.6) is 0 Å². The fraction of sp³-hybridized carbons (Fsp3) is 0.118. The van der Waals surface area contributed by atoms with E-state index in [4.69, 9.17) is 10.5 Å². The van der Waals surface area contributed by atoms with Gasteiger partial charge in [0.15, 0.2) is 6.10 Å². The smallest absolute Gasteiger partial charge is 0.338 e. The molecule has 0 aliphatic carbocycles. The van der Waals surface area contributed by atoms with Crippen LogP contribution in [0.2, 0.25) is 0 Å². The highest BCUT2D eigenvalue weighted by Crippen LogP contribution is 2.12. The molecule has 0 aromatic heterocycles. The minimum atomic E-state index is -0.957. The van der Waals surface area contributed by atoms with E-state index in [0.29, 0.717) is 11.4 Å². The Balaban J connectivity index is 1.93. The number of nitrogens with one attached hydrogen (secondary N) is 2. The third-order valence-electron chi connectivity index (χ3n) is 3.08. The van der Waals surface area contributed by atoms with E-state index in [1.165, 1.54) is 31.2 Å². The maximum atomic E-state index is 12.0. The SMILES string of the molecule is CC(OC(=O)c1ccc(NC(N)=O)cc1)C(=O)Nc1ccccc1. The molecule has 1 unspecified atom stereocenters. The molecule has 0 spiro atoms. The van der Waals surface area contributed by atoms with Crippen molar-refractivity contribution in [3.63, 3.8) is 0 Å². The molecule has 24 heavy (non-hydrogen) atoms. The van der Waals surface area contributed by atoms with Crippen LogP contribution in [0.25, 0.3) is 0 Å². The summed E-state index contributed by atoms with van der Waals surface area (Å²) in [6.07, 6.45) is -0.957. The van der Waals surface area contributed by atoms with E-state index in [-0.39, 0.29) is 5.56 Å². The van der Waals surface area contributed by atoms with E-state index in [0.717, 1.165) is 0 Å². The lowest BCUT2D eigenvalue weighted by Gasteiger charge is -2.13. The first-order valence-electron chi connectivity index (χ1n) is 7.19. The second-order valence-corrected chi connectivity index (χ2v) is 4.97. The fourth-order valence-electron chi connectivity index (χ4n) is 1.88. The Morgan fingerprint density at radius 1 is 0.917 bits per heavy atom. The van der Waals surface area contributed by atoms with E-state index >= 15 is 0 Å². The number of carbonyl (C=O) groups is 3. The molecule has 124 valence electrons. The zero-order valence-electron chi connectivity index (χ0n) is 13.0. The summed E-state index contributed by atoms with van der Waals surface area (Å²) < 4.78 is 5.13. The number of nitrogens with two attached hydrogens (primary N) is 1. The molecular weight excluding hydrogens is 310 g/mol. The second kappa shape index (κ2) is 7.77. The molecule has 1 atom stereocenters. The van der Waals surface area contributed by atoms with Crippen LogP contribution in [0.3, 0.4) is 0 Å². The van der Waals surface area contributed by atoms with E-state index < -0.39 is 24.0 Å². The highest BCUT2D eigenvalue weighted by molar-refractivity contribution is 5.97. The molecule has 0 aliphatic heterocycles. The molecule has 0 saturated heterocycles. The van der Waals surface area contributed by atoms with Crippen molar-refractivity contribution in [2.75, 3.05) is 10.6 Å². The highest BCUT2D eigenvalue weighted by atomic mass is 16.5. The van der Waals surface area contributed by atoms with Gasteiger partial charge in [0.25, 0.3) is 5.91 Å². The van der Waals surface area contributed by atoms with Gasteiger partial charge in [0.2, 0.25) is 0 Å². The predicted octanol–water partition coefficient (Wildman–Crippen LogP) is 2.36. The van der Waals surface area contributed by atoms with Crippen LogP contribution in [0.15, 0.2) is 54.6 Å². The van der Waals surface area contributed by atoms with Crippen molar-refractivity contribution in [1.29, 1.82) is 0 Å². The molecule has 0 heterocycles. The van der Waals surface area contributed by atoms with E-state index in [2.05, 4.69) is 10.6 Å². The number of esters is 1. The number of ether oxygens (including phenoxy) is 1. The van der Waals surface area contributed by atoms with Crippen LogP contribution in [0, 0.1) is 0 Å². The molecule has 7 nitrogen and oxygen atoms in total. The number of hydrogen-bond donors (Lipinski definition) is 3. The molecule has 0 radical (unpaired) electrons. The quantitative estimate of drug-likeness (QED) is 0.732. The number of rotatable bonds is 5. The maximum absolute atomic E-state index is 12.0. The van der Waals surface area contributed by atoms with Crippen LogP contribution in [0.4, 0.5) is 16.2 Å². The third kappa shape index (κ3) is 4.84. The van der Waals surface area contributed by atoms with Crippen molar-refractivity contribution >= 4 is 29.3 Å². The van der Waals surface area contributed by atoms with Crippen molar-refractivity contribution in [3.05, 3.63) is 60.2 Å². The highest BCUT2D eigenvalue weighted by Gasteiger charge is 2.19. The van der Waals surface area contributed by atoms with Gasteiger partial charge in [-0.1, -0.05) is 18.2 Å². The summed E-state index contributed by atoms with van der Waals surface area (Å²) >= 11 is 0. The van der Waals surface area contributed by atoms with Crippen LogP contribution < -0.4 is 16.4 Å². The molecular formula is C17H17N3O4. The molecule has 2 aromatic carbocycles. The Labute approximate surface area is 138 Å². The average molecular weight is 327 g/mol. The number of benzene rings is 2. The first-order chi connectivity index (χ1) is 11.5. The summed E-state index contributed by atoms with van der Waals surface area (Å²) in [5.74, 6) is -1.07. The van der Waals surface area contributed by atoms with E-state index in [1.54, 1.807) is 24.3 Å². The lowest BCUT2D eigenvalue weighted by molar-refractivity contribution is -0.123. The van der Waals surface area contributed by atoms with Crippen molar-refractivity contribution in [3.8, 4) is 0 Å². The Morgan fingerprint density at radius 3 is 2.08 bits per heavy atom. The Morgan fingerprint density at radius 2 is 1.50 bits per heavy atom. The van der Waals surface area contributed by atoms with Crippen molar-refractivity contribution in [2.24, 2.45) is 5.73 Å². The zero-order chi connectivity index (χ0) is 17.5. The van der Waals surface area contributed by atoms with Gasteiger partial charge >= 0.3 is 12.0 Å². The number of para-hydroxylation sites is 1. The Hall–Kier alpha value is -3.35. The van der Waals surface area contributed by atoms with Crippen molar-refractivity contribution in [2.45, 2.75) is 13.0 Å². The van der Waals surface area contributed by atoms with Crippen LogP contribution in [-0.4, -0.2) is 24.0 Å². The van der Waals surface area contributed by atoms with Crippen molar-refractivity contribution in [1.82, 2.24) is 0 Å².